The van der Waals surface area contributed by atoms with Crippen LogP contribution >= 0.6 is 0 Å². The van der Waals surface area contributed by atoms with Gasteiger partial charge in [-0.25, -0.2) is 5.01 Å². The molecule has 0 aliphatic carbocycles. The number of furan rings is 1. The van der Waals surface area contributed by atoms with Crippen LogP contribution in [0.1, 0.15) is 41.3 Å². The second kappa shape index (κ2) is 10.4. The molecule has 34 heavy (non-hydrogen) atoms. The summed E-state index contributed by atoms with van der Waals surface area (Å²) in [5.41, 5.74) is 4.53. The maximum atomic E-state index is 13.5. The average Bonchev–Trinajstić information content (AvgIpc) is 3.49. The van der Waals surface area contributed by atoms with Crippen molar-refractivity contribution in [1.29, 1.82) is 0 Å². The normalized spacial score (nSPS) is 19.7. The molecule has 2 aromatic carbocycles. The quantitative estimate of drug-likeness (QED) is 0.549. The van der Waals surface area contributed by atoms with Crippen LogP contribution in [0.15, 0.2) is 82.5 Å². The lowest BCUT2D eigenvalue weighted by atomic mass is 10.0. The molecule has 3 aromatic rings. The van der Waals surface area contributed by atoms with Gasteiger partial charge in [0.05, 0.1) is 18.5 Å². The Morgan fingerprint density at radius 3 is 2.47 bits per heavy atom. The first-order chi connectivity index (χ1) is 16.7. The van der Waals surface area contributed by atoms with E-state index in [0.717, 1.165) is 56.2 Å². The van der Waals surface area contributed by atoms with Gasteiger partial charge in [-0.1, -0.05) is 60.2 Å². The molecule has 0 bridgehead atoms. The van der Waals surface area contributed by atoms with Crippen LogP contribution in [0.5, 0.6) is 0 Å². The van der Waals surface area contributed by atoms with E-state index in [9.17, 15) is 4.79 Å². The van der Waals surface area contributed by atoms with Gasteiger partial charge in [-0.05, 0) is 49.7 Å². The zero-order valence-corrected chi connectivity index (χ0v) is 19.8. The Kier molecular flexibility index (Phi) is 6.88. The topological polar surface area (TPSA) is 52.3 Å². The van der Waals surface area contributed by atoms with Crippen molar-refractivity contribution in [3.63, 3.8) is 0 Å². The first kappa shape index (κ1) is 22.6. The molecule has 1 saturated heterocycles. The number of carbonyl (C=O) groups excluding carboxylic acids is 1. The smallest absolute Gasteiger partial charge is 0.257 e. The number of carbonyl (C=O) groups is 1. The first-order valence-electron chi connectivity index (χ1n) is 12.1. The van der Waals surface area contributed by atoms with Crippen molar-refractivity contribution in [2.24, 2.45) is 5.10 Å². The van der Waals surface area contributed by atoms with Gasteiger partial charge in [0.1, 0.15) is 11.8 Å². The monoisotopic (exact) mass is 456 g/mol. The Hall–Kier alpha value is -3.22. The SMILES string of the molecule is Cc1ccc(C2=NN(C(=O)CN3CCCN(Cc4ccccc4)CC3)C(c3ccco3)C2)cc1. The highest BCUT2D eigenvalue weighted by Crippen LogP contribution is 2.33. The minimum absolute atomic E-state index is 0.0278. The maximum absolute atomic E-state index is 13.5. The number of aryl methyl sites for hydroxylation is 1. The van der Waals surface area contributed by atoms with E-state index in [1.807, 2.05) is 12.1 Å². The van der Waals surface area contributed by atoms with E-state index in [1.165, 1.54) is 11.1 Å². The van der Waals surface area contributed by atoms with Gasteiger partial charge < -0.3 is 4.42 Å². The molecule has 2 aliphatic rings. The summed E-state index contributed by atoms with van der Waals surface area (Å²) in [6, 6.07) is 22.5. The number of rotatable bonds is 6. The summed E-state index contributed by atoms with van der Waals surface area (Å²) in [5, 5.41) is 6.44. The van der Waals surface area contributed by atoms with E-state index in [0.29, 0.717) is 13.0 Å². The van der Waals surface area contributed by atoms with E-state index < -0.39 is 0 Å². The molecule has 1 fully saturated rings. The second-order valence-electron chi connectivity index (χ2n) is 9.28. The third-order valence-corrected chi connectivity index (χ3v) is 6.71. The van der Waals surface area contributed by atoms with E-state index in [4.69, 9.17) is 9.52 Å². The standard InChI is InChI=1S/C28H32N4O2/c1-22-10-12-24(13-11-22)25-19-26(27-9-5-18-34-27)32(29-25)28(33)21-31-15-6-14-30(16-17-31)20-23-7-3-2-4-8-23/h2-5,7-13,18,26H,6,14-17,19-21H2,1H3. The van der Waals surface area contributed by atoms with Gasteiger partial charge in [-0.15, -0.1) is 0 Å². The molecular formula is C28H32N4O2. The van der Waals surface area contributed by atoms with Gasteiger partial charge in [0, 0.05) is 26.1 Å². The van der Waals surface area contributed by atoms with Crippen molar-refractivity contribution < 1.29 is 9.21 Å². The number of hydrazone groups is 1. The van der Waals surface area contributed by atoms with Crippen molar-refractivity contribution >= 4 is 11.6 Å². The maximum Gasteiger partial charge on any atom is 0.257 e. The number of amides is 1. The lowest BCUT2D eigenvalue weighted by Gasteiger charge is -2.25. The highest BCUT2D eigenvalue weighted by atomic mass is 16.3. The summed E-state index contributed by atoms with van der Waals surface area (Å²) in [6.45, 7) is 7.22. The molecule has 1 unspecified atom stereocenters. The molecule has 0 spiro atoms. The molecule has 6 nitrogen and oxygen atoms in total. The Balaban J connectivity index is 1.25. The van der Waals surface area contributed by atoms with Crippen LogP contribution in [0.25, 0.3) is 0 Å². The lowest BCUT2D eigenvalue weighted by molar-refractivity contribution is -0.134. The molecule has 1 atom stereocenters. The molecule has 176 valence electrons. The predicted molar refractivity (Wildman–Crippen MR) is 133 cm³/mol. The number of nitrogens with zero attached hydrogens (tertiary/aromatic N) is 4. The van der Waals surface area contributed by atoms with Crippen LogP contribution in [0.4, 0.5) is 0 Å². The summed E-state index contributed by atoms with van der Waals surface area (Å²) in [7, 11) is 0. The van der Waals surface area contributed by atoms with Crippen molar-refractivity contribution in [3.8, 4) is 0 Å². The molecule has 0 saturated carbocycles. The van der Waals surface area contributed by atoms with Crippen molar-refractivity contribution in [1.82, 2.24) is 14.8 Å². The molecule has 6 heteroatoms. The highest BCUT2D eigenvalue weighted by Gasteiger charge is 2.35. The lowest BCUT2D eigenvalue weighted by Crippen LogP contribution is -2.40. The molecule has 1 amide bonds. The number of hydrogen-bond donors (Lipinski definition) is 0. The van der Waals surface area contributed by atoms with Gasteiger partial charge in [0.25, 0.3) is 5.91 Å². The first-order valence-corrected chi connectivity index (χ1v) is 12.1. The zero-order chi connectivity index (χ0) is 23.3. The molecule has 0 N–H and O–H groups in total. The number of benzene rings is 2. The van der Waals surface area contributed by atoms with Crippen LogP contribution in [0, 0.1) is 6.92 Å². The summed E-state index contributed by atoms with van der Waals surface area (Å²) in [4.78, 5) is 18.2. The van der Waals surface area contributed by atoms with Crippen LogP contribution in [-0.2, 0) is 11.3 Å². The third-order valence-electron chi connectivity index (χ3n) is 6.71. The summed E-state index contributed by atoms with van der Waals surface area (Å²) in [5.74, 6) is 0.809. The fourth-order valence-corrected chi connectivity index (χ4v) is 4.81. The molecule has 2 aliphatic heterocycles. The highest BCUT2D eigenvalue weighted by molar-refractivity contribution is 6.03. The van der Waals surface area contributed by atoms with Gasteiger partial charge in [0.2, 0.25) is 0 Å². The fraction of sp³-hybridized carbons (Fsp3) is 0.357. The molecule has 1 aromatic heterocycles. The predicted octanol–water partition coefficient (Wildman–Crippen LogP) is 4.47. The zero-order valence-electron chi connectivity index (χ0n) is 19.8. The van der Waals surface area contributed by atoms with Crippen molar-refractivity contribution in [3.05, 3.63) is 95.4 Å². The van der Waals surface area contributed by atoms with Gasteiger partial charge >= 0.3 is 0 Å². The summed E-state index contributed by atoms with van der Waals surface area (Å²) < 4.78 is 5.69. The average molecular weight is 457 g/mol. The van der Waals surface area contributed by atoms with Gasteiger partial charge in [0.15, 0.2) is 0 Å². The van der Waals surface area contributed by atoms with Crippen LogP contribution in [0.2, 0.25) is 0 Å². The Morgan fingerprint density at radius 1 is 0.941 bits per heavy atom. The van der Waals surface area contributed by atoms with Crippen molar-refractivity contribution in [2.75, 3.05) is 32.7 Å². The van der Waals surface area contributed by atoms with Gasteiger partial charge in [-0.2, -0.15) is 5.10 Å². The van der Waals surface area contributed by atoms with E-state index in [-0.39, 0.29) is 11.9 Å². The molecule has 0 radical (unpaired) electrons. The molecule has 5 rings (SSSR count). The number of hydrogen-bond acceptors (Lipinski definition) is 5. The third kappa shape index (κ3) is 5.29. The van der Waals surface area contributed by atoms with E-state index >= 15 is 0 Å². The minimum Gasteiger partial charge on any atom is -0.467 e. The summed E-state index contributed by atoms with van der Waals surface area (Å²) >= 11 is 0. The van der Waals surface area contributed by atoms with Crippen LogP contribution < -0.4 is 0 Å². The van der Waals surface area contributed by atoms with E-state index in [2.05, 4.69) is 71.3 Å². The van der Waals surface area contributed by atoms with Crippen molar-refractivity contribution in [2.45, 2.75) is 32.4 Å². The molecular weight excluding hydrogens is 424 g/mol. The van der Waals surface area contributed by atoms with Gasteiger partial charge in [-0.3, -0.25) is 14.6 Å². The Morgan fingerprint density at radius 2 is 1.71 bits per heavy atom. The van der Waals surface area contributed by atoms with Crippen LogP contribution in [0.3, 0.4) is 0 Å². The molecule has 3 heterocycles. The van der Waals surface area contributed by atoms with E-state index in [1.54, 1.807) is 11.3 Å². The largest absolute Gasteiger partial charge is 0.467 e. The Labute approximate surface area is 201 Å². The Bertz CT molecular complexity index is 1110. The second-order valence-corrected chi connectivity index (χ2v) is 9.28. The minimum atomic E-state index is -0.194. The fourth-order valence-electron chi connectivity index (χ4n) is 4.81. The summed E-state index contributed by atoms with van der Waals surface area (Å²) in [6.07, 6.45) is 3.38. The van der Waals surface area contributed by atoms with Crippen LogP contribution in [-0.4, -0.2) is 59.2 Å².